The highest BCUT2D eigenvalue weighted by atomic mass is 16.1. The van der Waals surface area contributed by atoms with Gasteiger partial charge in [0.2, 0.25) is 5.91 Å². The molecule has 0 rings (SSSR count). The molecule has 0 aliphatic carbocycles. The van der Waals surface area contributed by atoms with Gasteiger partial charge in [-0.2, -0.15) is 0 Å². The molecule has 0 saturated heterocycles. The molecule has 0 aromatic heterocycles. The molecular weight excluding hydrogens is 150 g/mol. The highest BCUT2D eigenvalue weighted by Crippen LogP contribution is 2.01. The SMILES string of the molecule is CCC/C=C\CCCCC(N)=O. The predicted molar refractivity (Wildman–Crippen MR) is 51.7 cm³/mol. The summed E-state index contributed by atoms with van der Waals surface area (Å²) >= 11 is 0. The van der Waals surface area contributed by atoms with Gasteiger partial charge in [0.25, 0.3) is 0 Å². The molecule has 0 bridgehead atoms. The van der Waals surface area contributed by atoms with Crippen molar-refractivity contribution in [1.82, 2.24) is 0 Å². The third-order valence-electron chi connectivity index (χ3n) is 1.67. The van der Waals surface area contributed by atoms with Gasteiger partial charge in [-0.1, -0.05) is 25.5 Å². The summed E-state index contributed by atoms with van der Waals surface area (Å²) < 4.78 is 0. The van der Waals surface area contributed by atoms with Crippen molar-refractivity contribution < 1.29 is 4.79 Å². The Kier molecular flexibility index (Phi) is 7.76. The van der Waals surface area contributed by atoms with Gasteiger partial charge in [-0.15, -0.1) is 0 Å². The van der Waals surface area contributed by atoms with E-state index in [4.69, 9.17) is 5.73 Å². The fourth-order valence-electron chi connectivity index (χ4n) is 0.964. The van der Waals surface area contributed by atoms with Crippen LogP contribution in [0.15, 0.2) is 12.2 Å². The zero-order valence-electron chi connectivity index (χ0n) is 7.88. The molecule has 0 aliphatic heterocycles. The minimum absolute atomic E-state index is 0.187. The Labute approximate surface area is 74.8 Å². The van der Waals surface area contributed by atoms with Gasteiger partial charge in [0.1, 0.15) is 0 Å². The lowest BCUT2D eigenvalue weighted by molar-refractivity contribution is -0.118. The summed E-state index contributed by atoms with van der Waals surface area (Å²) in [6.45, 7) is 2.16. The standard InChI is InChI=1S/C10H19NO/c1-2-3-4-5-6-7-8-9-10(11)12/h4-5H,2-3,6-9H2,1H3,(H2,11,12)/b5-4-. The Morgan fingerprint density at radius 2 is 1.92 bits per heavy atom. The Morgan fingerprint density at radius 3 is 2.50 bits per heavy atom. The maximum absolute atomic E-state index is 10.3. The number of amides is 1. The van der Waals surface area contributed by atoms with Crippen LogP contribution in [0, 0.1) is 0 Å². The van der Waals surface area contributed by atoms with Crippen molar-refractivity contribution >= 4 is 5.91 Å². The van der Waals surface area contributed by atoms with E-state index >= 15 is 0 Å². The highest BCUT2D eigenvalue weighted by molar-refractivity contribution is 5.73. The first-order valence-corrected chi connectivity index (χ1v) is 4.70. The van der Waals surface area contributed by atoms with E-state index in [0.29, 0.717) is 6.42 Å². The van der Waals surface area contributed by atoms with Crippen LogP contribution in [0.3, 0.4) is 0 Å². The average molecular weight is 169 g/mol. The molecule has 0 aromatic rings. The Bertz CT molecular complexity index is 141. The van der Waals surface area contributed by atoms with Crippen molar-refractivity contribution in [3.05, 3.63) is 12.2 Å². The molecular formula is C10H19NO. The Morgan fingerprint density at radius 1 is 1.25 bits per heavy atom. The van der Waals surface area contributed by atoms with E-state index in [1.54, 1.807) is 0 Å². The molecule has 70 valence electrons. The van der Waals surface area contributed by atoms with Gasteiger partial charge in [-0.3, -0.25) is 4.79 Å². The molecule has 0 aliphatic rings. The van der Waals surface area contributed by atoms with Crippen LogP contribution in [-0.2, 0) is 4.79 Å². The molecule has 0 atom stereocenters. The highest BCUT2D eigenvalue weighted by Gasteiger charge is 1.91. The van der Waals surface area contributed by atoms with Gasteiger partial charge < -0.3 is 5.73 Å². The van der Waals surface area contributed by atoms with E-state index in [2.05, 4.69) is 19.1 Å². The number of unbranched alkanes of at least 4 members (excludes halogenated alkanes) is 3. The summed E-state index contributed by atoms with van der Waals surface area (Å²) in [5.41, 5.74) is 5.00. The van der Waals surface area contributed by atoms with Crippen molar-refractivity contribution in [3.8, 4) is 0 Å². The summed E-state index contributed by atoms with van der Waals surface area (Å²) in [6.07, 6.45) is 10.4. The van der Waals surface area contributed by atoms with Gasteiger partial charge in [0.15, 0.2) is 0 Å². The largest absolute Gasteiger partial charge is 0.370 e. The van der Waals surface area contributed by atoms with Crippen LogP contribution in [0.4, 0.5) is 0 Å². The number of primary amides is 1. The van der Waals surface area contributed by atoms with Crippen molar-refractivity contribution in [2.75, 3.05) is 0 Å². The van der Waals surface area contributed by atoms with Crippen molar-refractivity contribution in [3.63, 3.8) is 0 Å². The summed E-state index contributed by atoms with van der Waals surface area (Å²) in [7, 11) is 0. The second kappa shape index (κ2) is 8.31. The Balaban J connectivity index is 3.05. The number of carbonyl (C=O) groups is 1. The minimum atomic E-state index is -0.187. The normalized spacial score (nSPS) is 10.8. The molecule has 0 spiro atoms. The number of allylic oxidation sites excluding steroid dienone is 2. The van der Waals surface area contributed by atoms with E-state index < -0.39 is 0 Å². The van der Waals surface area contributed by atoms with Crippen LogP contribution in [0.5, 0.6) is 0 Å². The van der Waals surface area contributed by atoms with Gasteiger partial charge >= 0.3 is 0 Å². The number of carbonyl (C=O) groups excluding carboxylic acids is 1. The number of hydrogen-bond donors (Lipinski definition) is 1. The molecule has 0 heterocycles. The van der Waals surface area contributed by atoms with Gasteiger partial charge in [-0.25, -0.2) is 0 Å². The molecule has 0 saturated carbocycles. The first-order chi connectivity index (χ1) is 5.77. The molecule has 0 unspecified atom stereocenters. The van der Waals surface area contributed by atoms with Crippen LogP contribution in [0.25, 0.3) is 0 Å². The Hall–Kier alpha value is -0.790. The zero-order valence-corrected chi connectivity index (χ0v) is 7.88. The predicted octanol–water partition coefficient (Wildman–Crippen LogP) is 2.39. The van der Waals surface area contributed by atoms with Crippen molar-refractivity contribution in [2.45, 2.75) is 45.4 Å². The van der Waals surface area contributed by atoms with Gasteiger partial charge in [0, 0.05) is 6.42 Å². The van der Waals surface area contributed by atoms with Crippen molar-refractivity contribution in [2.24, 2.45) is 5.73 Å². The second-order valence-electron chi connectivity index (χ2n) is 2.97. The fourth-order valence-corrected chi connectivity index (χ4v) is 0.964. The van der Waals surface area contributed by atoms with Crippen LogP contribution in [0.2, 0.25) is 0 Å². The first-order valence-electron chi connectivity index (χ1n) is 4.70. The topological polar surface area (TPSA) is 43.1 Å². The first kappa shape index (κ1) is 11.2. The van der Waals surface area contributed by atoms with Crippen LogP contribution in [-0.4, -0.2) is 5.91 Å². The maximum atomic E-state index is 10.3. The molecule has 12 heavy (non-hydrogen) atoms. The molecule has 0 fully saturated rings. The van der Waals surface area contributed by atoms with Crippen LogP contribution < -0.4 is 5.73 Å². The maximum Gasteiger partial charge on any atom is 0.217 e. The summed E-state index contributed by atoms with van der Waals surface area (Å²) in [5.74, 6) is -0.187. The van der Waals surface area contributed by atoms with Gasteiger partial charge in [0.05, 0.1) is 0 Å². The third-order valence-corrected chi connectivity index (χ3v) is 1.67. The molecule has 2 nitrogen and oxygen atoms in total. The van der Waals surface area contributed by atoms with Crippen molar-refractivity contribution in [1.29, 1.82) is 0 Å². The lowest BCUT2D eigenvalue weighted by atomic mass is 10.1. The molecule has 1 amide bonds. The smallest absolute Gasteiger partial charge is 0.217 e. The fraction of sp³-hybridized carbons (Fsp3) is 0.700. The second-order valence-corrected chi connectivity index (χ2v) is 2.97. The number of nitrogens with two attached hydrogens (primary N) is 1. The monoisotopic (exact) mass is 169 g/mol. The lowest BCUT2D eigenvalue weighted by Crippen LogP contribution is -2.09. The zero-order chi connectivity index (χ0) is 9.23. The minimum Gasteiger partial charge on any atom is -0.370 e. The summed E-state index contributed by atoms with van der Waals surface area (Å²) in [4.78, 5) is 10.3. The number of hydrogen-bond acceptors (Lipinski definition) is 1. The molecule has 2 heteroatoms. The van der Waals surface area contributed by atoms with E-state index in [1.807, 2.05) is 0 Å². The van der Waals surface area contributed by atoms with E-state index in [0.717, 1.165) is 25.7 Å². The molecule has 0 aromatic carbocycles. The van der Waals surface area contributed by atoms with Gasteiger partial charge in [-0.05, 0) is 25.7 Å². The van der Waals surface area contributed by atoms with E-state index in [9.17, 15) is 4.79 Å². The van der Waals surface area contributed by atoms with Crippen LogP contribution >= 0.6 is 0 Å². The average Bonchev–Trinajstić information content (AvgIpc) is 2.02. The summed E-state index contributed by atoms with van der Waals surface area (Å²) in [5, 5.41) is 0. The quantitative estimate of drug-likeness (QED) is 0.461. The van der Waals surface area contributed by atoms with E-state index in [1.165, 1.54) is 6.42 Å². The van der Waals surface area contributed by atoms with E-state index in [-0.39, 0.29) is 5.91 Å². The third kappa shape index (κ3) is 9.21. The molecule has 0 radical (unpaired) electrons. The van der Waals surface area contributed by atoms with Crippen LogP contribution in [0.1, 0.15) is 45.4 Å². The molecule has 2 N–H and O–H groups in total. The number of rotatable bonds is 7. The summed E-state index contributed by atoms with van der Waals surface area (Å²) in [6, 6.07) is 0. The lowest BCUT2D eigenvalue weighted by Gasteiger charge is -1.93.